The van der Waals surface area contributed by atoms with E-state index in [4.69, 9.17) is 9.47 Å². The molecule has 0 spiro atoms. The van der Waals surface area contributed by atoms with Crippen molar-refractivity contribution < 1.29 is 29.0 Å². The topological polar surface area (TPSA) is 93.1 Å². The average molecular weight is 528 g/mol. The molecular formula is C32H33NO6. The van der Waals surface area contributed by atoms with E-state index in [2.05, 4.69) is 0 Å². The van der Waals surface area contributed by atoms with Gasteiger partial charge in [0.1, 0.15) is 11.5 Å². The van der Waals surface area contributed by atoms with Crippen LogP contribution in [-0.4, -0.2) is 41.4 Å². The van der Waals surface area contributed by atoms with Crippen LogP contribution in [0.25, 0.3) is 5.76 Å². The Morgan fingerprint density at radius 3 is 2.33 bits per heavy atom. The molecule has 0 aliphatic carbocycles. The highest BCUT2D eigenvalue weighted by Gasteiger charge is 2.46. The lowest BCUT2D eigenvalue weighted by Crippen LogP contribution is -2.29. The van der Waals surface area contributed by atoms with Crippen LogP contribution >= 0.6 is 0 Å². The molecule has 1 N–H and O–H groups in total. The van der Waals surface area contributed by atoms with Gasteiger partial charge >= 0.3 is 5.97 Å². The van der Waals surface area contributed by atoms with Crippen LogP contribution in [0, 0.1) is 20.8 Å². The van der Waals surface area contributed by atoms with Gasteiger partial charge in [-0.1, -0.05) is 55.0 Å². The van der Waals surface area contributed by atoms with Crippen LogP contribution in [0.5, 0.6) is 5.75 Å². The summed E-state index contributed by atoms with van der Waals surface area (Å²) in [6.07, 6.45) is 0.728. The highest BCUT2D eigenvalue weighted by molar-refractivity contribution is 6.46. The molecule has 202 valence electrons. The summed E-state index contributed by atoms with van der Waals surface area (Å²) in [5.41, 5.74) is 4.86. The first kappa shape index (κ1) is 27.6. The first-order valence-electron chi connectivity index (χ1n) is 12.9. The molecule has 1 aliphatic rings. The average Bonchev–Trinajstić information content (AvgIpc) is 3.16. The zero-order chi connectivity index (χ0) is 28.3. The van der Waals surface area contributed by atoms with E-state index < -0.39 is 23.7 Å². The van der Waals surface area contributed by atoms with Crippen molar-refractivity contribution in [2.24, 2.45) is 0 Å². The zero-order valence-corrected chi connectivity index (χ0v) is 22.9. The van der Waals surface area contributed by atoms with Gasteiger partial charge in [0.05, 0.1) is 36.5 Å². The first-order chi connectivity index (χ1) is 18.7. The van der Waals surface area contributed by atoms with Gasteiger partial charge in [-0.3, -0.25) is 9.59 Å². The fourth-order valence-corrected chi connectivity index (χ4v) is 5.00. The Bertz CT molecular complexity index is 1450. The fraction of sp³-hybridized carbons (Fsp3) is 0.281. The molecule has 1 heterocycles. The van der Waals surface area contributed by atoms with Crippen molar-refractivity contribution in [1.82, 2.24) is 4.90 Å². The summed E-state index contributed by atoms with van der Waals surface area (Å²) in [6, 6.07) is 17.2. The highest BCUT2D eigenvalue weighted by atomic mass is 16.5. The number of esters is 1. The monoisotopic (exact) mass is 527 g/mol. The van der Waals surface area contributed by atoms with Crippen LogP contribution in [0.4, 0.5) is 0 Å². The number of aliphatic hydroxyl groups is 1. The number of amides is 1. The smallest absolute Gasteiger partial charge is 0.338 e. The number of benzene rings is 3. The number of nitrogens with zero attached hydrogens (tertiary/aromatic N) is 1. The van der Waals surface area contributed by atoms with E-state index in [9.17, 15) is 19.5 Å². The van der Waals surface area contributed by atoms with Crippen molar-refractivity contribution in [1.29, 1.82) is 0 Å². The van der Waals surface area contributed by atoms with E-state index in [1.807, 2.05) is 58.0 Å². The van der Waals surface area contributed by atoms with E-state index in [0.29, 0.717) is 29.0 Å². The summed E-state index contributed by atoms with van der Waals surface area (Å²) in [4.78, 5) is 40.6. The minimum atomic E-state index is -0.815. The number of carbonyl (C=O) groups is 3. The minimum Gasteiger partial charge on any atom is -0.507 e. The number of ether oxygens (including phenoxy) is 2. The quantitative estimate of drug-likeness (QED) is 0.172. The Morgan fingerprint density at radius 2 is 1.69 bits per heavy atom. The normalized spacial score (nSPS) is 16.4. The Labute approximate surface area is 228 Å². The summed E-state index contributed by atoms with van der Waals surface area (Å²) >= 11 is 0. The molecule has 39 heavy (non-hydrogen) atoms. The van der Waals surface area contributed by atoms with E-state index in [0.717, 1.165) is 28.7 Å². The van der Waals surface area contributed by atoms with Gasteiger partial charge < -0.3 is 19.5 Å². The Kier molecular flexibility index (Phi) is 8.19. The summed E-state index contributed by atoms with van der Waals surface area (Å²) in [6.45, 7) is 8.05. The van der Waals surface area contributed by atoms with Gasteiger partial charge in [0, 0.05) is 6.54 Å². The third kappa shape index (κ3) is 5.58. The fourth-order valence-electron chi connectivity index (χ4n) is 5.00. The Hall–Kier alpha value is -4.39. The molecule has 1 atom stereocenters. The lowest BCUT2D eigenvalue weighted by Gasteiger charge is -2.26. The Morgan fingerprint density at radius 1 is 0.974 bits per heavy atom. The predicted octanol–water partition coefficient (Wildman–Crippen LogP) is 5.81. The number of rotatable bonds is 8. The van der Waals surface area contributed by atoms with Crippen LogP contribution in [0.1, 0.15) is 63.1 Å². The third-order valence-corrected chi connectivity index (χ3v) is 6.76. The standard InChI is InChI=1S/C32H33NO6/c1-6-14-39-32(37)23-12-10-22(11-13-23)18-33-27(24-9-7-8-19(2)16-24)26(29(35)31(33)36)28(34)25-17-20(3)15-21(4)30(25)38-5/h7-13,15-17,27,34H,6,14,18H2,1-5H3/b28-26+. The molecule has 1 amide bonds. The van der Waals surface area contributed by atoms with Gasteiger partial charge in [0.25, 0.3) is 11.7 Å². The molecule has 3 aromatic carbocycles. The number of aliphatic hydroxyl groups excluding tert-OH is 1. The molecule has 0 radical (unpaired) electrons. The summed E-state index contributed by atoms with van der Waals surface area (Å²) in [5, 5.41) is 11.6. The van der Waals surface area contributed by atoms with Gasteiger partial charge in [-0.2, -0.15) is 0 Å². The number of Topliss-reactive ketones (excluding diaryl/α,β-unsaturated/α-hetero) is 1. The first-order valence-corrected chi connectivity index (χ1v) is 12.9. The van der Waals surface area contributed by atoms with Gasteiger partial charge in [-0.25, -0.2) is 4.79 Å². The van der Waals surface area contributed by atoms with E-state index >= 15 is 0 Å². The van der Waals surface area contributed by atoms with E-state index in [1.165, 1.54) is 12.0 Å². The molecule has 1 unspecified atom stereocenters. The number of likely N-dealkylation sites (tertiary alicyclic amines) is 1. The Balaban J connectivity index is 1.80. The maximum Gasteiger partial charge on any atom is 0.338 e. The van der Waals surface area contributed by atoms with Crippen LogP contribution in [0.2, 0.25) is 0 Å². The summed E-state index contributed by atoms with van der Waals surface area (Å²) in [7, 11) is 1.51. The van der Waals surface area contributed by atoms with Crippen LogP contribution in [0.3, 0.4) is 0 Å². The molecule has 4 rings (SSSR count). The van der Waals surface area contributed by atoms with Gasteiger partial charge in [0.2, 0.25) is 0 Å². The number of hydrogen-bond donors (Lipinski definition) is 1. The molecule has 0 saturated carbocycles. The maximum atomic E-state index is 13.5. The molecule has 1 fully saturated rings. The number of ketones is 1. The van der Waals surface area contributed by atoms with E-state index in [1.54, 1.807) is 30.3 Å². The zero-order valence-electron chi connectivity index (χ0n) is 22.9. The van der Waals surface area contributed by atoms with Crippen molar-refractivity contribution in [3.8, 4) is 5.75 Å². The second-order valence-electron chi connectivity index (χ2n) is 9.84. The molecule has 0 aromatic heterocycles. The molecule has 7 heteroatoms. The van der Waals surface area contributed by atoms with Crippen molar-refractivity contribution in [3.05, 3.63) is 105 Å². The highest BCUT2D eigenvalue weighted by Crippen LogP contribution is 2.42. The van der Waals surface area contributed by atoms with E-state index in [-0.39, 0.29) is 17.9 Å². The lowest BCUT2D eigenvalue weighted by atomic mass is 9.93. The number of carbonyl (C=O) groups excluding carboxylic acids is 3. The SMILES string of the molecule is CCCOC(=O)c1ccc(CN2C(=O)C(=O)/C(=C(/O)c3cc(C)cc(C)c3OC)C2c2cccc(C)c2)cc1. The number of aryl methyl sites for hydroxylation is 3. The maximum absolute atomic E-state index is 13.5. The second kappa shape index (κ2) is 11.6. The molecule has 1 aliphatic heterocycles. The van der Waals surface area contributed by atoms with Crippen molar-refractivity contribution in [2.45, 2.75) is 46.7 Å². The van der Waals surface area contributed by atoms with Crippen LogP contribution < -0.4 is 4.74 Å². The van der Waals surface area contributed by atoms with Gasteiger partial charge in [0.15, 0.2) is 0 Å². The molecule has 7 nitrogen and oxygen atoms in total. The van der Waals surface area contributed by atoms with Crippen molar-refractivity contribution in [2.75, 3.05) is 13.7 Å². The second-order valence-corrected chi connectivity index (χ2v) is 9.84. The molecule has 3 aromatic rings. The minimum absolute atomic E-state index is 0.00802. The van der Waals surface area contributed by atoms with Gasteiger partial charge in [-0.15, -0.1) is 0 Å². The lowest BCUT2D eigenvalue weighted by molar-refractivity contribution is -0.140. The summed E-state index contributed by atoms with van der Waals surface area (Å²) in [5.74, 6) is -1.72. The summed E-state index contributed by atoms with van der Waals surface area (Å²) < 4.78 is 10.8. The van der Waals surface area contributed by atoms with Crippen molar-refractivity contribution >= 4 is 23.4 Å². The molecule has 1 saturated heterocycles. The molecular weight excluding hydrogens is 494 g/mol. The largest absolute Gasteiger partial charge is 0.507 e. The molecule has 0 bridgehead atoms. The van der Waals surface area contributed by atoms with Crippen LogP contribution in [0.15, 0.2) is 66.2 Å². The third-order valence-electron chi connectivity index (χ3n) is 6.76. The van der Waals surface area contributed by atoms with Gasteiger partial charge in [-0.05, 0) is 67.6 Å². The van der Waals surface area contributed by atoms with Crippen molar-refractivity contribution in [3.63, 3.8) is 0 Å². The number of methoxy groups -OCH3 is 1. The number of hydrogen-bond acceptors (Lipinski definition) is 6. The van der Waals surface area contributed by atoms with Crippen LogP contribution in [-0.2, 0) is 20.9 Å². The predicted molar refractivity (Wildman–Crippen MR) is 149 cm³/mol.